The molecule has 186 valence electrons. The lowest BCUT2D eigenvalue weighted by Crippen LogP contribution is -2.36. The molecular formula is C30H34N4O2. The summed E-state index contributed by atoms with van der Waals surface area (Å²) >= 11 is 0. The van der Waals surface area contributed by atoms with Crippen molar-refractivity contribution in [3.8, 4) is 23.0 Å². The van der Waals surface area contributed by atoms with Gasteiger partial charge >= 0.3 is 0 Å². The van der Waals surface area contributed by atoms with E-state index in [4.69, 9.17) is 10.5 Å². The Labute approximate surface area is 213 Å². The number of rotatable bonds is 3. The van der Waals surface area contributed by atoms with Crippen LogP contribution >= 0.6 is 0 Å². The maximum atomic E-state index is 13.6. The molecule has 3 heterocycles. The van der Waals surface area contributed by atoms with Crippen molar-refractivity contribution in [3.05, 3.63) is 53.6 Å². The molecule has 2 saturated heterocycles. The molecule has 6 heteroatoms. The Morgan fingerprint density at radius 2 is 1.78 bits per heavy atom. The van der Waals surface area contributed by atoms with Gasteiger partial charge in [0.25, 0.3) is 5.91 Å². The first-order valence-corrected chi connectivity index (χ1v) is 12.8. The summed E-state index contributed by atoms with van der Waals surface area (Å²) < 4.78 is 5.51. The summed E-state index contributed by atoms with van der Waals surface area (Å²) in [5, 5.41) is 0.987. The molecule has 2 N–H and O–H groups in total. The quantitative estimate of drug-likeness (QED) is 0.535. The molecule has 2 fully saturated rings. The maximum Gasteiger partial charge on any atom is 0.254 e. The van der Waals surface area contributed by atoms with Gasteiger partial charge in [0.15, 0.2) is 0 Å². The smallest absolute Gasteiger partial charge is 0.254 e. The van der Waals surface area contributed by atoms with Crippen LogP contribution in [0.25, 0.3) is 22.0 Å². The van der Waals surface area contributed by atoms with Gasteiger partial charge in [-0.3, -0.25) is 4.79 Å². The van der Waals surface area contributed by atoms with Gasteiger partial charge in [0.2, 0.25) is 0 Å². The molecule has 1 aromatic heterocycles. The fourth-order valence-electron chi connectivity index (χ4n) is 4.88. The van der Waals surface area contributed by atoms with Gasteiger partial charge in [-0.2, -0.15) is 0 Å². The van der Waals surface area contributed by atoms with Crippen LogP contribution in [0.5, 0.6) is 0 Å². The second-order valence-electron chi connectivity index (χ2n) is 10.6. The van der Waals surface area contributed by atoms with Gasteiger partial charge in [0, 0.05) is 53.7 Å². The first-order chi connectivity index (χ1) is 17.3. The molecule has 2 aliphatic rings. The fraction of sp³-hybridized carbons (Fsp3) is 0.400. The van der Waals surface area contributed by atoms with E-state index in [2.05, 4.69) is 54.6 Å². The Morgan fingerprint density at radius 3 is 2.50 bits per heavy atom. The molecule has 0 aliphatic carbocycles. The number of benzene rings is 2. The van der Waals surface area contributed by atoms with Gasteiger partial charge < -0.3 is 20.3 Å². The number of nitrogen functional groups attached to an aromatic ring is 1. The van der Waals surface area contributed by atoms with Gasteiger partial charge in [0.1, 0.15) is 5.82 Å². The zero-order valence-corrected chi connectivity index (χ0v) is 21.4. The molecule has 0 spiro atoms. The van der Waals surface area contributed by atoms with E-state index in [-0.39, 0.29) is 11.3 Å². The van der Waals surface area contributed by atoms with E-state index in [0.717, 1.165) is 72.3 Å². The molecular weight excluding hydrogens is 448 g/mol. The number of pyridine rings is 1. The summed E-state index contributed by atoms with van der Waals surface area (Å²) in [7, 11) is 0. The summed E-state index contributed by atoms with van der Waals surface area (Å²) in [5.74, 6) is 7.34. The molecule has 0 bridgehead atoms. The molecule has 0 unspecified atom stereocenters. The molecule has 6 nitrogen and oxygen atoms in total. The van der Waals surface area contributed by atoms with E-state index in [0.29, 0.717) is 24.6 Å². The largest absolute Gasteiger partial charge is 0.382 e. The highest BCUT2D eigenvalue weighted by molar-refractivity contribution is 6.03. The average Bonchev–Trinajstić information content (AvgIpc) is 3.41. The van der Waals surface area contributed by atoms with Crippen LogP contribution in [0.4, 0.5) is 11.5 Å². The normalized spacial score (nSPS) is 16.2. The third kappa shape index (κ3) is 5.03. The number of nitrogens with two attached hydrogens (primary N) is 1. The van der Waals surface area contributed by atoms with E-state index in [9.17, 15) is 4.79 Å². The molecule has 0 atom stereocenters. The van der Waals surface area contributed by atoms with Gasteiger partial charge in [-0.15, -0.1) is 0 Å². The third-order valence-corrected chi connectivity index (χ3v) is 6.72. The fourth-order valence-corrected chi connectivity index (χ4v) is 4.88. The lowest BCUT2D eigenvalue weighted by atomic mass is 9.91. The van der Waals surface area contributed by atoms with Crippen molar-refractivity contribution >= 4 is 28.3 Å². The van der Waals surface area contributed by atoms with E-state index in [1.165, 1.54) is 0 Å². The number of likely N-dealkylation sites (tertiary alicyclic amines) is 1. The van der Waals surface area contributed by atoms with Crippen molar-refractivity contribution in [3.63, 3.8) is 0 Å². The van der Waals surface area contributed by atoms with Crippen LogP contribution in [0.15, 0.2) is 42.5 Å². The Morgan fingerprint density at radius 1 is 1.03 bits per heavy atom. The first-order valence-electron chi connectivity index (χ1n) is 12.8. The number of carbonyl (C=O) groups is 1. The van der Waals surface area contributed by atoms with Crippen molar-refractivity contribution in [2.24, 2.45) is 5.41 Å². The van der Waals surface area contributed by atoms with Crippen LogP contribution in [0, 0.1) is 17.3 Å². The van der Waals surface area contributed by atoms with Crippen LogP contribution in [0.3, 0.4) is 0 Å². The Hall–Kier alpha value is -3.56. The summed E-state index contributed by atoms with van der Waals surface area (Å²) in [5.41, 5.74) is 11.4. The van der Waals surface area contributed by atoms with Crippen molar-refractivity contribution in [1.82, 2.24) is 9.88 Å². The third-order valence-electron chi connectivity index (χ3n) is 6.72. The summed E-state index contributed by atoms with van der Waals surface area (Å²) in [4.78, 5) is 22.5. The van der Waals surface area contributed by atoms with Crippen molar-refractivity contribution in [2.45, 2.75) is 33.6 Å². The van der Waals surface area contributed by atoms with Gasteiger partial charge in [0.05, 0.1) is 24.4 Å². The average molecular weight is 483 g/mol. The molecule has 36 heavy (non-hydrogen) atoms. The minimum absolute atomic E-state index is 0.0754. The minimum atomic E-state index is -0.149. The number of aromatic nitrogens is 1. The summed E-state index contributed by atoms with van der Waals surface area (Å²) in [6, 6.07) is 14.1. The van der Waals surface area contributed by atoms with Crippen LogP contribution in [-0.4, -0.2) is 55.2 Å². The second kappa shape index (κ2) is 9.83. The number of nitrogens with zero attached hydrogens (tertiary/aromatic N) is 3. The minimum Gasteiger partial charge on any atom is -0.382 e. The van der Waals surface area contributed by atoms with E-state index in [1.807, 2.05) is 35.2 Å². The predicted molar refractivity (Wildman–Crippen MR) is 146 cm³/mol. The standard InChI is InChI=1S/C30H34N4O2/c1-30(2,3)12-11-21-7-6-8-24(29(35)34-13-4-5-14-34)27(21)22-9-10-25-23(19-22)20-26(28(31)32-25)33-15-17-36-18-16-33/h6-10,19-20H,4-5,13-18H2,1-3H3,(H2,31,32). The molecule has 3 aromatic rings. The number of anilines is 2. The number of carbonyl (C=O) groups excluding carboxylic acids is 1. The van der Waals surface area contributed by atoms with Crippen LogP contribution in [-0.2, 0) is 4.74 Å². The Bertz CT molecular complexity index is 1350. The monoisotopic (exact) mass is 482 g/mol. The summed E-state index contributed by atoms with van der Waals surface area (Å²) in [6.07, 6.45) is 2.11. The van der Waals surface area contributed by atoms with Gasteiger partial charge in [-0.25, -0.2) is 4.98 Å². The van der Waals surface area contributed by atoms with Crippen molar-refractivity contribution in [2.75, 3.05) is 50.0 Å². The first kappa shape index (κ1) is 24.1. The Kier molecular flexibility index (Phi) is 6.59. The SMILES string of the molecule is CC(C)(C)C#Cc1cccc(C(=O)N2CCCC2)c1-c1ccc2nc(N)c(N3CCOCC3)cc2c1. The van der Waals surface area contributed by atoms with E-state index < -0.39 is 0 Å². The van der Waals surface area contributed by atoms with Crippen LogP contribution in [0.2, 0.25) is 0 Å². The lowest BCUT2D eigenvalue weighted by Gasteiger charge is -2.29. The highest BCUT2D eigenvalue weighted by atomic mass is 16.5. The van der Waals surface area contributed by atoms with Crippen molar-refractivity contribution in [1.29, 1.82) is 0 Å². The molecule has 5 rings (SSSR count). The molecule has 2 aromatic carbocycles. The van der Waals surface area contributed by atoms with Gasteiger partial charge in [-0.1, -0.05) is 24.0 Å². The van der Waals surface area contributed by atoms with Crippen LogP contribution in [0.1, 0.15) is 49.5 Å². The topological polar surface area (TPSA) is 71.7 Å². The molecule has 0 saturated carbocycles. The summed E-state index contributed by atoms with van der Waals surface area (Å²) in [6.45, 7) is 10.8. The number of amides is 1. The Balaban J connectivity index is 1.65. The molecule has 1 amide bonds. The number of morpholine rings is 1. The number of fused-ring (bicyclic) bond motifs is 1. The van der Waals surface area contributed by atoms with E-state index >= 15 is 0 Å². The number of hydrogen-bond donors (Lipinski definition) is 1. The second-order valence-corrected chi connectivity index (χ2v) is 10.6. The maximum absolute atomic E-state index is 13.6. The highest BCUT2D eigenvalue weighted by Crippen LogP contribution is 2.34. The zero-order chi connectivity index (χ0) is 25.3. The van der Waals surface area contributed by atoms with Crippen molar-refractivity contribution < 1.29 is 9.53 Å². The van der Waals surface area contributed by atoms with E-state index in [1.54, 1.807) is 0 Å². The van der Waals surface area contributed by atoms with Crippen LogP contribution < -0.4 is 10.6 Å². The number of ether oxygens (including phenoxy) is 1. The highest BCUT2D eigenvalue weighted by Gasteiger charge is 2.24. The lowest BCUT2D eigenvalue weighted by molar-refractivity contribution is 0.0793. The zero-order valence-electron chi connectivity index (χ0n) is 21.4. The van der Waals surface area contributed by atoms with Gasteiger partial charge in [-0.05, 0) is 69.5 Å². The number of hydrogen-bond acceptors (Lipinski definition) is 5. The molecule has 0 radical (unpaired) electrons. The predicted octanol–water partition coefficient (Wildman–Crippen LogP) is 4.95. The molecule has 2 aliphatic heterocycles.